The van der Waals surface area contributed by atoms with Crippen molar-refractivity contribution in [3.05, 3.63) is 0 Å². The molecule has 0 amide bonds. The van der Waals surface area contributed by atoms with Crippen molar-refractivity contribution in [3.63, 3.8) is 0 Å². The van der Waals surface area contributed by atoms with Gasteiger partial charge >= 0.3 is 0 Å². The zero-order valence-electron chi connectivity index (χ0n) is 5.20. The van der Waals surface area contributed by atoms with E-state index in [-0.39, 0.29) is 12.4 Å². The maximum absolute atomic E-state index is 8.03. The highest BCUT2D eigenvalue weighted by atomic mass is 35.5. The van der Waals surface area contributed by atoms with E-state index in [9.17, 15) is 0 Å². The van der Waals surface area contributed by atoms with Crippen LogP contribution in [0.4, 0.5) is 0 Å². The van der Waals surface area contributed by atoms with E-state index in [4.69, 9.17) is 10.4 Å². The third kappa shape index (κ3) is 3.78. The summed E-state index contributed by atoms with van der Waals surface area (Å²) in [6.45, 7) is 3.07. The van der Waals surface area contributed by atoms with Crippen molar-refractivity contribution in [2.75, 3.05) is 0 Å². The third-order valence-corrected chi connectivity index (χ3v) is 0.824. The molecule has 9 heavy (non-hydrogen) atoms. The average Bonchev–Trinajstić information content (AvgIpc) is 1.84. The van der Waals surface area contributed by atoms with Gasteiger partial charge in [0.1, 0.15) is 11.4 Å². The molecule has 2 N–H and O–H groups in total. The Labute approximate surface area is 59.3 Å². The molecule has 0 aliphatic rings. The molecule has 5 heteroatoms. The third-order valence-electron chi connectivity index (χ3n) is 0.824. The van der Waals surface area contributed by atoms with Gasteiger partial charge < -0.3 is 10.4 Å². The van der Waals surface area contributed by atoms with Gasteiger partial charge in [-0.05, 0) is 13.8 Å². The fourth-order valence-corrected chi connectivity index (χ4v) is 0.145. The van der Waals surface area contributed by atoms with Crippen molar-refractivity contribution in [1.29, 1.82) is 0 Å². The van der Waals surface area contributed by atoms with Crippen molar-refractivity contribution in [3.8, 4) is 0 Å². The average molecular weight is 153 g/mol. The van der Waals surface area contributed by atoms with E-state index in [1.165, 1.54) is 13.8 Å². The van der Waals surface area contributed by atoms with E-state index in [1.807, 2.05) is 0 Å². The Bertz CT molecular complexity index is 117. The first-order valence-electron chi connectivity index (χ1n) is 2.10. The molecule has 0 unspecified atom stereocenters. The lowest BCUT2D eigenvalue weighted by atomic mass is 10.3. The molecule has 0 rings (SSSR count). The molecule has 0 aliphatic carbocycles. The second-order valence-corrected chi connectivity index (χ2v) is 1.37. The van der Waals surface area contributed by atoms with E-state index >= 15 is 0 Å². The molecule has 0 atom stereocenters. The van der Waals surface area contributed by atoms with Crippen molar-refractivity contribution in [2.24, 2.45) is 10.3 Å². The minimum absolute atomic E-state index is 0. The predicted octanol–water partition coefficient (Wildman–Crippen LogP) is 1.11. The van der Waals surface area contributed by atoms with Crippen LogP contribution in [0.2, 0.25) is 0 Å². The molecule has 0 aliphatic heterocycles. The Morgan fingerprint density at radius 1 is 1.00 bits per heavy atom. The van der Waals surface area contributed by atoms with Gasteiger partial charge in [0.2, 0.25) is 0 Å². The lowest BCUT2D eigenvalue weighted by molar-refractivity contribution is 0.313. The van der Waals surface area contributed by atoms with Crippen molar-refractivity contribution in [1.82, 2.24) is 0 Å². The van der Waals surface area contributed by atoms with Gasteiger partial charge in [-0.2, -0.15) is 0 Å². The number of halogens is 1. The maximum atomic E-state index is 8.03. The van der Waals surface area contributed by atoms with Crippen molar-refractivity contribution >= 4 is 23.8 Å². The second-order valence-electron chi connectivity index (χ2n) is 1.37. The van der Waals surface area contributed by atoms with E-state index in [2.05, 4.69) is 10.3 Å². The topological polar surface area (TPSA) is 65.2 Å². The highest BCUT2D eigenvalue weighted by molar-refractivity contribution is 6.40. The Morgan fingerprint density at radius 3 is 1.33 bits per heavy atom. The maximum Gasteiger partial charge on any atom is 0.101 e. The Hall–Kier alpha value is -0.770. The molecule has 0 bridgehead atoms. The summed E-state index contributed by atoms with van der Waals surface area (Å²) in [4.78, 5) is 0. The zero-order chi connectivity index (χ0) is 6.57. The van der Waals surface area contributed by atoms with Crippen molar-refractivity contribution in [2.45, 2.75) is 13.8 Å². The van der Waals surface area contributed by atoms with Gasteiger partial charge in [-0.25, -0.2) is 0 Å². The zero-order valence-corrected chi connectivity index (χ0v) is 6.01. The summed E-state index contributed by atoms with van der Waals surface area (Å²) in [5.41, 5.74) is 0.625. The van der Waals surface area contributed by atoms with Crippen LogP contribution in [0.3, 0.4) is 0 Å². The first kappa shape index (κ1) is 11.1. The molecule has 0 aromatic heterocycles. The normalized spacial score (nSPS) is 12.7. The van der Waals surface area contributed by atoms with Gasteiger partial charge in [-0.1, -0.05) is 10.3 Å². The van der Waals surface area contributed by atoms with Gasteiger partial charge in [-0.3, -0.25) is 0 Å². The summed E-state index contributed by atoms with van der Waals surface area (Å²) in [5.74, 6) is 0. The van der Waals surface area contributed by atoms with Gasteiger partial charge in [0.05, 0.1) is 0 Å². The number of nitrogens with zero attached hydrogens (tertiary/aromatic N) is 2. The van der Waals surface area contributed by atoms with Crippen LogP contribution in [-0.4, -0.2) is 21.8 Å². The van der Waals surface area contributed by atoms with Gasteiger partial charge in [0.25, 0.3) is 0 Å². The molecule has 54 valence electrons. The van der Waals surface area contributed by atoms with Gasteiger partial charge in [0.15, 0.2) is 0 Å². The first-order chi connectivity index (χ1) is 3.72. The van der Waals surface area contributed by atoms with E-state index < -0.39 is 0 Å². The molecular weight excluding hydrogens is 144 g/mol. The van der Waals surface area contributed by atoms with Crippen molar-refractivity contribution < 1.29 is 10.4 Å². The molecule has 0 spiro atoms. The fraction of sp³-hybridized carbons (Fsp3) is 0.500. The molecule has 0 heterocycles. The second kappa shape index (κ2) is 5.37. The Morgan fingerprint density at radius 2 is 1.22 bits per heavy atom. The monoisotopic (exact) mass is 152 g/mol. The number of hydrogen-bond donors (Lipinski definition) is 2. The smallest absolute Gasteiger partial charge is 0.101 e. The Kier molecular flexibility index (Phi) is 6.61. The molecule has 0 radical (unpaired) electrons. The number of oxime groups is 2. The van der Waals surface area contributed by atoms with Crippen LogP contribution in [-0.2, 0) is 0 Å². The number of hydrogen-bond acceptors (Lipinski definition) is 4. The molecule has 0 saturated heterocycles. The summed E-state index contributed by atoms with van der Waals surface area (Å²) < 4.78 is 0. The van der Waals surface area contributed by atoms with Crippen LogP contribution in [0.25, 0.3) is 0 Å². The highest BCUT2D eigenvalue weighted by Gasteiger charge is 1.93. The van der Waals surface area contributed by atoms with Crippen LogP contribution in [0, 0.1) is 0 Å². The molecule has 0 aromatic carbocycles. The summed E-state index contributed by atoms with van der Waals surface area (Å²) in [6, 6.07) is 0. The van der Waals surface area contributed by atoms with Crippen LogP contribution in [0.1, 0.15) is 13.8 Å². The molecular formula is C4H9ClN2O2. The van der Waals surface area contributed by atoms with Crippen LogP contribution < -0.4 is 0 Å². The molecule has 0 fully saturated rings. The summed E-state index contributed by atoms with van der Waals surface area (Å²) in [7, 11) is 0. The standard InChI is InChI=1S/C4H8N2O2.ClH/c1-3(5-7)4(2)6-8;/h7-8H,1-2H3;1H. The number of rotatable bonds is 1. The van der Waals surface area contributed by atoms with Crippen LogP contribution >= 0.6 is 12.4 Å². The molecule has 4 nitrogen and oxygen atoms in total. The predicted molar refractivity (Wildman–Crippen MR) is 37.0 cm³/mol. The van der Waals surface area contributed by atoms with E-state index in [0.717, 1.165) is 0 Å². The highest BCUT2D eigenvalue weighted by Crippen LogP contribution is 1.79. The van der Waals surface area contributed by atoms with Gasteiger partial charge in [-0.15, -0.1) is 12.4 Å². The first-order valence-corrected chi connectivity index (χ1v) is 2.10. The van der Waals surface area contributed by atoms with E-state index in [1.54, 1.807) is 0 Å². The summed E-state index contributed by atoms with van der Waals surface area (Å²) in [5, 5.41) is 21.6. The fourth-order valence-electron chi connectivity index (χ4n) is 0.145. The van der Waals surface area contributed by atoms with E-state index in [0.29, 0.717) is 11.4 Å². The van der Waals surface area contributed by atoms with Crippen LogP contribution in [0.5, 0.6) is 0 Å². The Balaban J connectivity index is 0. The SMILES string of the molecule is CC(=NO)C(C)=NO.Cl. The minimum atomic E-state index is 0. The van der Waals surface area contributed by atoms with Gasteiger partial charge in [0, 0.05) is 0 Å². The lowest BCUT2D eigenvalue weighted by Gasteiger charge is -1.88. The van der Waals surface area contributed by atoms with Crippen LogP contribution in [0.15, 0.2) is 10.3 Å². The largest absolute Gasteiger partial charge is 0.411 e. The summed E-state index contributed by atoms with van der Waals surface area (Å²) in [6.07, 6.45) is 0. The molecule has 0 aromatic rings. The summed E-state index contributed by atoms with van der Waals surface area (Å²) >= 11 is 0. The molecule has 0 saturated carbocycles. The minimum Gasteiger partial charge on any atom is -0.411 e. The quantitative estimate of drug-likeness (QED) is 0.336. The lowest BCUT2D eigenvalue weighted by Crippen LogP contribution is -2.04.